The lowest BCUT2D eigenvalue weighted by Gasteiger charge is -2.63. The molecule has 13 heteroatoms. The van der Waals surface area contributed by atoms with Gasteiger partial charge in [-0.2, -0.15) is 0 Å². The molecule has 3 saturated carbocycles. The number of nitrogens with zero attached hydrogens (tertiary/aromatic N) is 3. The van der Waals surface area contributed by atoms with E-state index >= 15 is 0 Å². The largest absolute Gasteiger partial charge is 0.481 e. The highest BCUT2D eigenvalue weighted by atomic mass is 16.7. The van der Waals surface area contributed by atoms with Crippen LogP contribution in [0.1, 0.15) is 80.1 Å². The van der Waals surface area contributed by atoms with Crippen LogP contribution in [0.15, 0.2) is 12.2 Å². The standard InChI is InChI=1S/C32H46BN3O9/c1-30(2,3)43-29(41)36-18-19(15-26(39)42-13-12-35-24(37)9-10-25(35)38)14-22(36)28(40)34-11-7-8-23(34)33-44-27-21-16-20(31(21,4)5)17-32(27,6)45-33/h9-10,19-23,27H,7-8,11-18H2,1-6H3/t19-,20?,21?,22-,23-,27?,32?/m0/s1. The first-order valence-electron chi connectivity index (χ1n) is 16.4. The van der Waals surface area contributed by atoms with Gasteiger partial charge in [0, 0.05) is 25.2 Å². The van der Waals surface area contributed by atoms with E-state index < -0.39 is 42.6 Å². The van der Waals surface area contributed by atoms with Crippen LogP contribution < -0.4 is 0 Å². The van der Waals surface area contributed by atoms with Gasteiger partial charge in [-0.05, 0) is 83.0 Å². The minimum atomic E-state index is -0.796. The Bertz CT molecular complexity index is 1280. The fourth-order valence-corrected chi connectivity index (χ4v) is 8.47. The van der Waals surface area contributed by atoms with E-state index in [1.54, 1.807) is 20.8 Å². The molecule has 4 aliphatic heterocycles. The maximum atomic E-state index is 14.3. The van der Waals surface area contributed by atoms with Crippen LogP contribution >= 0.6 is 0 Å². The van der Waals surface area contributed by atoms with Gasteiger partial charge in [0.25, 0.3) is 11.8 Å². The molecule has 6 fully saturated rings. The van der Waals surface area contributed by atoms with Gasteiger partial charge < -0.3 is 23.7 Å². The third-order valence-electron chi connectivity index (χ3n) is 11.0. The molecule has 0 aromatic carbocycles. The van der Waals surface area contributed by atoms with Crippen LogP contribution in [0.2, 0.25) is 0 Å². The maximum absolute atomic E-state index is 14.3. The van der Waals surface area contributed by atoms with E-state index in [4.69, 9.17) is 18.8 Å². The summed E-state index contributed by atoms with van der Waals surface area (Å²) in [6, 6.07) is -0.796. The van der Waals surface area contributed by atoms with Crippen molar-refractivity contribution in [2.24, 2.45) is 23.2 Å². The summed E-state index contributed by atoms with van der Waals surface area (Å²) >= 11 is 0. The van der Waals surface area contributed by atoms with Crippen LogP contribution in [0.4, 0.5) is 4.79 Å². The monoisotopic (exact) mass is 627 g/mol. The molecule has 4 unspecified atom stereocenters. The fraction of sp³-hybridized carbons (Fsp3) is 0.781. The SMILES string of the molecule is CC(C)(C)OC(=O)N1C[C@H](CC(=O)OCCN2C(=O)C=CC2=O)C[C@H]1C(=O)N1CCC[C@H]1B1OC2C3CC(CC2(C)O1)C3(C)C. The summed E-state index contributed by atoms with van der Waals surface area (Å²) in [7, 11) is -0.520. The third-order valence-corrected chi connectivity index (χ3v) is 11.0. The minimum absolute atomic E-state index is 0.00170. The van der Waals surface area contributed by atoms with Crippen LogP contribution in [-0.4, -0.2) is 107 Å². The lowest BCUT2D eigenvalue weighted by Crippen LogP contribution is -2.63. The van der Waals surface area contributed by atoms with Gasteiger partial charge in [-0.15, -0.1) is 0 Å². The Hall–Kier alpha value is -2.93. The van der Waals surface area contributed by atoms with E-state index in [0.717, 1.165) is 30.6 Å². The summed E-state index contributed by atoms with van der Waals surface area (Å²) in [6.07, 6.45) is 5.70. The molecule has 7 atom stereocenters. The van der Waals surface area contributed by atoms with Crippen LogP contribution in [0.3, 0.4) is 0 Å². The number of rotatable bonds is 7. The van der Waals surface area contributed by atoms with Crippen molar-refractivity contribution in [2.75, 3.05) is 26.2 Å². The van der Waals surface area contributed by atoms with Crippen molar-refractivity contribution in [3.05, 3.63) is 12.2 Å². The van der Waals surface area contributed by atoms with Crippen LogP contribution in [0.25, 0.3) is 0 Å². The van der Waals surface area contributed by atoms with E-state index in [1.165, 1.54) is 17.1 Å². The maximum Gasteiger partial charge on any atom is 0.481 e. The Balaban J connectivity index is 1.11. The average molecular weight is 628 g/mol. The number of likely N-dealkylation sites (tertiary alicyclic amines) is 2. The number of carbonyl (C=O) groups is 5. The molecule has 246 valence electrons. The lowest BCUT2D eigenvalue weighted by molar-refractivity contribution is -0.185. The van der Waals surface area contributed by atoms with Gasteiger partial charge in [0.2, 0.25) is 5.91 Å². The molecule has 7 aliphatic rings. The summed E-state index contributed by atoms with van der Waals surface area (Å²) < 4.78 is 24.3. The fourth-order valence-electron chi connectivity index (χ4n) is 8.47. The number of ether oxygens (including phenoxy) is 2. The van der Waals surface area contributed by atoms with Gasteiger partial charge >= 0.3 is 19.2 Å². The van der Waals surface area contributed by atoms with Crippen molar-refractivity contribution in [2.45, 2.75) is 109 Å². The Morgan fingerprint density at radius 1 is 1.07 bits per heavy atom. The molecule has 3 saturated heterocycles. The van der Waals surface area contributed by atoms with Crippen LogP contribution in [0, 0.1) is 23.2 Å². The summed E-state index contributed by atoms with van der Waals surface area (Å²) in [4.78, 5) is 68.1. The van der Waals surface area contributed by atoms with Gasteiger partial charge in [-0.3, -0.25) is 29.0 Å². The summed E-state index contributed by atoms with van der Waals surface area (Å²) in [5.41, 5.74) is -0.900. The van der Waals surface area contributed by atoms with Gasteiger partial charge in [0.15, 0.2) is 0 Å². The number of amides is 4. The Morgan fingerprint density at radius 3 is 2.44 bits per heavy atom. The van der Waals surface area contributed by atoms with Gasteiger partial charge in [-0.25, -0.2) is 4.79 Å². The highest BCUT2D eigenvalue weighted by molar-refractivity contribution is 6.48. The van der Waals surface area contributed by atoms with Crippen molar-refractivity contribution < 1.29 is 42.8 Å². The second-order valence-corrected chi connectivity index (χ2v) is 15.5. The molecule has 0 spiro atoms. The van der Waals surface area contributed by atoms with Crippen molar-refractivity contribution in [3.8, 4) is 0 Å². The molecular formula is C32H46BN3O9. The molecule has 3 aliphatic carbocycles. The topological polar surface area (TPSA) is 132 Å². The quantitative estimate of drug-likeness (QED) is 0.238. The predicted octanol–water partition coefficient (Wildman–Crippen LogP) is 2.73. The van der Waals surface area contributed by atoms with Gasteiger partial charge in [-0.1, -0.05) is 13.8 Å². The zero-order valence-corrected chi connectivity index (χ0v) is 27.3. The number of hydrogen-bond donors (Lipinski definition) is 0. The minimum Gasteiger partial charge on any atom is -0.464 e. The van der Waals surface area contributed by atoms with E-state index in [1.807, 2.05) is 4.90 Å². The second-order valence-electron chi connectivity index (χ2n) is 15.5. The molecular weight excluding hydrogens is 581 g/mol. The summed E-state index contributed by atoms with van der Waals surface area (Å²) in [5, 5.41) is 0. The molecule has 0 radical (unpaired) electrons. The highest BCUT2D eigenvalue weighted by Crippen LogP contribution is 2.65. The second kappa shape index (κ2) is 11.4. The molecule has 7 rings (SSSR count). The molecule has 0 aromatic rings. The Kier molecular flexibility index (Phi) is 8.11. The first-order chi connectivity index (χ1) is 21.1. The number of esters is 1. The molecule has 0 aromatic heterocycles. The summed E-state index contributed by atoms with van der Waals surface area (Å²) in [6.45, 7) is 12.6. The van der Waals surface area contributed by atoms with Crippen molar-refractivity contribution in [1.29, 1.82) is 0 Å². The zero-order chi connectivity index (χ0) is 32.5. The number of hydrogen-bond acceptors (Lipinski definition) is 9. The number of imide groups is 1. The molecule has 45 heavy (non-hydrogen) atoms. The Labute approximate surface area is 265 Å². The third kappa shape index (κ3) is 5.90. The first-order valence-corrected chi connectivity index (χ1v) is 16.4. The van der Waals surface area contributed by atoms with Crippen LogP contribution in [0.5, 0.6) is 0 Å². The van der Waals surface area contributed by atoms with Gasteiger partial charge in [0.05, 0.1) is 30.6 Å². The van der Waals surface area contributed by atoms with Crippen LogP contribution in [-0.2, 0) is 38.0 Å². The normalized spacial score (nSPS) is 35.2. The van der Waals surface area contributed by atoms with Crippen molar-refractivity contribution in [3.63, 3.8) is 0 Å². The highest BCUT2D eigenvalue weighted by Gasteiger charge is 2.68. The Morgan fingerprint density at radius 2 is 1.78 bits per heavy atom. The van der Waals surface area contributed by atoms with E-state index in [9.17, 15) is 24.0 Å². The predicted molar refractivity (Wildman–Crippen MR) is 161 cm³/mol. The van der Waals surface area contributed by atoms with E-state index in [2.05, 4.69) is 20.8 Å². The van der Waals surface area contributed by atoms with E-state index in [0.29, 0.717) is 18.4 Å². The number of carbonyl (C=O) groups excluding carboxylic acids is 5. The van der Waals surface area contributed by atoms with Crippen molar-refractivity contribution >= 4 is 36.9 Å². The van der Waals surface area contributed by atoms with Crippen molar-refractivity contribution in [1.82, 2.24) is 14.7 Å². The summed E-state index contributed by atoms with van der Waals surface area (Å²) in [5.74, 6) is -1.13. The first kappa shape index (κ1) is 32.0. The average Bonchev–Trinajstić information content (AvgIpc) is 3.73. The molecule has 0 N–H and O–H groups in total. The van der Waals surface area contributed by atoms with Gasteiger partial charge in [0.1, 0.15) is 18.2 Å². The smallest absolute Gasteiger partial charge is 0.464 e. The molecule has 4 heterocycles. The van der Waals surface area contributed by atoms with E-state index in [-0.39, 0.29) is 67.4 Å². The molecule has 4 amide bonds. The zero-order valence-electron chi connectivity index (χ0n) is 27.3. The lowest BCUT2D eigenvalue weighted by atomic mass is 9.45. The molecule has 12 nitrogen and oxygen atoms in total. The molecule has 2 bridgehead atoms.